The summed E-state index contributed by atoms with van der Waals surface area (Å²) in [6.07, 6.45) is 1.14. The number of rotatable bonds is 4. The van der Waals surface area contributed by atoms with Crippen molar-refractivity contribution in [3.05, 3.63) is 30.3 Å². The van der Waals surface area contributed by atoms with Crippen LogP contribution in [0, 0.1) is 5.92 Å². The van der Waals surface area contributed by atoms with Crippen molar-refractivity contribution in [3.63, 3.8) is 0 Å². The van der Waals surface area contributed by atoms with Gasteiger partial charge in [-0.25, -0.2) is 10.9 Å². The van der Waals surface area contributed by atoms with E-state index in [9.17, 15) is 9.90 Å². The Morgan fingerprint density at radius 3 is 2.67 bits per heavy atom. The highest BCUT2D eigenvalue weighted by molar-refractivity contribution is 8.17. The Kier molecular flexibility index (Phi) is 4.30. The third-order valence-corrected chi connectivity index (χ3v) is 7.00. The second kappa shape index (κ2) is 5.76. The average molecular weight is 267 g/mol. The molecule has 0 amide bonds. The molecule has 1 aromatic rings. The number of nitrogens with one attached hydrogen (secondary N) is 1. The molecule has 2 rings (SSSR count). The Hall–Kier alpha value is -1.00. The molecule has 0 saturated carbocycles. The lowest BCUT2D eigenvalue weighted by atomic mass is 9.99. The minimum Gasteiger partial charge on any atom is -0.480 e. The van der Waals surface area contributed by atoms with Crippen LogP contribution in [-0.4, -0.2) is 35.2 Å². The van der Waals surface area contributed by atoms with Gasteiger partial charge < -0.3 is 10.4 Å². The smallest absolute Gasteiger partial charge is 0.321 e. The summed E-state index contributed by atoms with van der Waals surface area (Å²) in [5, 5.41) is 12.6. The number of carboxylic acid groups (broad SMARTS) is 1. The number of carboxylic acids is 1. The lowest BCUT2D eigenvalue weighted by Gasteiger charge is -2.31. The summed E-state index contributed by atoms with van der Waals surface area (Å²) in [5.41, 5.74) is 0. The van der Waals surface area contributed by atoms with Gasteiger partial charge in [-0.05, 0) is 30.0 Å². The second-order valence-electron chi connectivity index (χ2n) is 4.89. The Balaban J connectivity index is 2.28. The van der Waals surface area contributed by atoms with Crippen LogP contribution in [0.25, 0.3) is 0 Å². The maximum Gasteiger partial charge on any atom is 0.321 e. The van der Waals surface area contributed by atoms with Crippen LogP contribution in [0.5, 0.6) is 0 Å². The predicted molar refractivity (Wildman–Crippen MR) is 76.6 cm³/mol. The van der Waals surface area contributed by atoms with E-state index < -0.39 is 12.0 Å². The van der Waals surface area contributed by atoms with Gasteiger partial charge >= 0.3 is 5.97 Å². The van der Waals surface area contributed by atoms with E-state index >= 15 is 0 Å². The molecule has 0 bridgehead atoms. The van der Waals surface area contributed by atoms with Crippen molar-refractivity contribution in [2.45, 2.75) is 29.5 Å². The van der Waals surface area contributed by atoms with Crippen LogP contribution < -0.4 is 5.32 Å². The minimum absolute atomic E-state index is 0.241. The first-order valence-electron chi connectivity index (χ1n) is 6.37. The zero-order valence-electron chi connectivity index (χ0n) is 10.8. The van der Waals surface area contributed by atoms with Gasteiger partial charge in [-0.1, -0.05) is 37.3 Å². The van der Waals surface area contributed by atoms with Gasteiger partial charge in [-0.2, -0.15) is 0 Å². The minimum atomic E-state index is -0.723. The van der Waals surface area contributed by atoms with Crippen LogP contribution in [0.3, 0.4) is 0 Å². The summed E-state index contributed by atoms with van der Waals surface area (Å²) in [6.45, 7) is 2.18. The molecule has 18 heavy (non-hydrogen) atoms. The molecule has 2 unspecified atom stereocenters. The molecule has 0 aromatic heterocycles. The van der Waals surface area contributed by atoms with Crippen LogP contribution in [0.2, 0.25) is 0 Å². The molecule has 0 aliphatic carbocycles. The van der Waals surface area contributed by atoms with E-state index in [2.05, 4.69) is 24.4 Å². The molecular weight excluding hydrogens is 246 g/mol. The van der Waals surface area contributed by atoms with Crippen molar-refractivity contribution in [1.82, 2.24) is 5.32 Å². The van der Waals surface area contributed by atoms with Crippen molar-refractivity contribution in [2.24, 2.45) is 5.92 Å². The highest BCUT2D eigenvalue weighted by atomic mass is 32.2. The summed E-state index contributed by atoms with van der Waals surface area (Å²) in [4.78, 5) is 12.7. The van der Waals surface area contributed by atoms with E-state index in [1.54, 1.807) is 7.05 Å². The molecule has 2 N–H and O–H groups in total. The summed E-state index contributed by atoms with van der Waals surface area (Å²) in [6, 6.07) is 9.98. The fourth-order valence-electron chi connectivity index (χ4n) is 2.84. The Morgan fingerprint density at radius 2 is 2.11 bits per heavy atom. The third-order valence-electron chi connectivity index (χ3n) is 3.77. The summed E-state index contributed by atoms with van der Waals surface area (Å²) < 4.78 is 0. The van der Waals surface area contributed by atoms with Crippen molar-refractivity contribution in [1.29, 1.82) is 0 Å². The van der Waals surface area contributed by atoms with E-state index in [0.29, 0.717) is 5.92 Å². The topological polar surface area (TPSA) is 49.3 Å². The molecule has 1 aliphatic rings. The van der Waals surface area contributed by atoms with Gasteiger partial charge in [0.15, 0.2) is 0 Å². The SMILES string of the molecule is CNC(C(=O)O)[C@H]1[C@H](C)CC[SH]1c1ccccc1. The predicted octanol–water partition coefficient (Wildman–Crippen LogP) is 2.13. The van der Waals surface area contributed by atoms with Gasteiger partial charge in [0.25, 0.3) is 0 Å². The maximum absolute atomic E-state index is 11.4. The van der Waals surface area contributed by atoms with Crippen LogP contribution >= 0.6 is 10.9 Å². The first-order valence-corrected chi connectivity index (χ1v) is 7.96. The van der Waals surface area contributed by atoms with Crippen molar-refractivity contribution in [2.75, 3.05) is 12.8 Å². The van der Waals surface area contributed by atoms with Crippen LogP contribution in [0.15, 0.2) is 35.2 Å². The van der Waals surface area contributed by atoms with Crippen molar-refractivity contribution < 1.29 is 9.90 Å². The lowest BCUT2D eigenvalue weighted by molar-refractivity contribution is -0.139. The zero-order chi connectivity index (χ0) is 13.1. The zero-order valence-corrected chi connectivity index (χ0v) is 11.7. The van der Waals surface area contributed by atoms with Crippen molar-refractivity contribution in [3.8, 4) is 0 Å². The highest BCUT2D eigenvalue weighted by Crippen LogP contribution is 2.52. The van der Waals surface area contributed by atoms with Crippen molar-refractivity contribution >= 4 is 16.9 Å². The summed E-state index contributed by atoms with van der Waals surface area (Å²) in [7, 11) is 1.39. The van der Waals surface area contributed by atoms with E-state index in [1.165, 1.54) is 4.90 Å². The molecule has 1 aromatic carbocycles. The van der Waals surface area contributed by atoms with E-state index in [0.717, 1.165) is 12.2 Å². The molecule has 1 fully saturated rings. The largest absolute Gasteiger partial charge is 0.480 e. The molecule has 4 atom stereocenters. The molecule has 100 valence electrons. The molecule has 4 heteroatoms. The van der Waals surface area contributed by atoms with Crippen LogP contribution in [0.4, 0.5) is 0 Å². The molecule has 1 saturated heterocycles. The molecule has 0 radical (unpaired) electrons. The van der Waals surface area contributed by atoms with E-state index in [4.69, 9.17) is 0 Å². The highest BCUT2D eigenvalue weighted by Gasteiger charge is 2.39. The number of carbonyl (C=O) groups is 1. The van der Waals surface area contributed by atoms with E-state index in [-0.39, 0.29) is 16.1 Å². The molecule has 1 aliphatic heterocycles. The Bertz CT molecular complexity index is 410. The van der Waals surface area contributed by atoms with Gasteiger partial charge in [0.2, 0.25) is 0 Å². The summed E-state index contributed by atoms with van der Waals surface area (Å²) in [5.74, 6) is 0.904. The number of hydrogen-bond donors (Lipinski definition) is 3. The second-order valence-corrected chi connectivity index (χ2v) is 7.39. The normalized spacial score (nSPS) is 31.1. The average Bonchev–Trinajstić information content (AvgIpc) is 2.74. The fraction of sp³-hybridized carbons (Fsp3) is 0.500. The third kappa shape index (κ3) is 2.54. The van der Waals surface area contributed by atoms with Crippen LogP contribution in [0.1, 0.15) is 13.3 Å². The Morgan fingerprint density at radius 1 is 1.44 bits per heavy atom. The number of likely N-dealkylation sites (N-methyl/N-ethyl adjacent to an activating group) is 1. The van der Waals surface area contributed by atoms with Gasteiger partial charge in [-0.3, -0.25) is 4.79 Å². The standard InChI is InChI=1S/C14H21NO2S/c1-10-8-9-18(11-6-4-3-5-7-11)13(10)12(15-2)14(16)17/h3-7,10,12-13,15,18H,8-9H2,1-2H3,(H,16,17)/t10-,12?,13-/m1/s1. The van der Waals surface area contributed by atoms with Gasteiger partial charge in [0.1, 0.15) is 6.04 Å². The molecule has 3 nitrogen and oxygen atoms in total. The fourth-order valence-corrected chi connectivity index (χ4v) is 6.38. The maximum atomic E-state index is 11.4. The first kappa shape index (κ1) is 13.4. The molecule has 1 heterocycles. The monoisotopic (exact) mass is 267 g/mol. The number of benzene rings is 1. The number of aliphatic carboxylic acids is 1. The Labute approximate surface area is 111 Å². The summed E-state index contributed by atoms with van der Waals surface area (Å²) >= 11 is 0. The number of hydrogen-bond acceptors (Lipinski definition) is 2. The molecule has 0 spiro atoms. The molecular formula is C14H21NO2S. The van der Waals surface area contributed by atoms with Gasteiger partial charge in [-0.15, -0.1) is 0 Å². The quantitative estimate of drug-likeness (QED) is 0.733. The number of thiol groups is 1. The van der Waals surface area contributed by atoms with Crippen LogP contribution in [-0.2, 0) is 4.79 Å². The van der Waals surface area contributed by atoms with Gasteiger partial charge in [0, 0.05) is 5.25 Å². The lowest BCUT2D eigenvalue weighted by Crippen LogP contribution is -2.45. The van der Waals surface area contributed by atoms with Gasteiger partial charge in [0.05, 0.1) is 0 Å². The van der Waals surface area contributed by atoms with E-state index in [1.807, 2.05) is 18.2 Å². The first-order chi connectivity index (χ1) is 8.65.